The lowest BCUT2D eigenvalue weighted by Gasteiger charge is -2.11. The highest BCUT2D eigenvalue weighted by molar-refractivity contribution is 7.21. The van der Waals surface area contributed by atoms with E-state index in [0.717, 1.165) is 20.8 Å². The minimum absolute atomic E-state index is 0.238. The van der Waals surface area contributed by atoms with Crippen molar-refractivity contribution in [1.29, 1.82) is 0 Å². The molecule has 1 amide bonds. The van der Waals surface area contributed by atoms with Crippen molar-refractivity contribution in [3.05, 3.63) is 76.9 Å². The van der Waals surface area contributed by atoms with Crippen molar-refractivity contribution in [2.75, 3.05) is 5.32 Å². The van der Waals surface area contributed by atoms with Gasteiger partial charge in [0.1, 0.15) is 10.7 Å². The molecule has 0 unspecified atom stereocenters. The summed E-state index contributed by atoms with van der Waals surface area (Å²) in [7, 11) is 0. The SMILES string of the molecule is Cc1c(Cl)cccc1NC(=O)c1cccnc1-c1nc2ccccc2s1. The van der Waals surface area contributed by atoms with E-state index < -0.39 is 0 Å². The third kappa shape index (κ3) is 3.07. The summed E-state index contributed by atoms with van der Waals surface area (Å²) >= 11 is 7.66. The molecule has 128 valence electrons. The smallest absolute Gasteiger partial charge is 0.257 e. The van der Waals surface area contributed by atoms with E-state index in [1.54, 1.807) is 24.4 Å². The van der Waals surface area contributed by atoms with Crippen molar-refractivity contribution in [3.8, 4) is 10.7 Å². The Labute approximate surface area is 159 Å². The van der Waals surface area contributed by atoms with Crippen LogP contribution < -0.4 is 5.32 Å². The van der Waals surface area contributed by atoms with E-state index in [1.807, 2.05) is 43.3 Å². The highest BCUT2D eigenvalue weighted by Gasteiger charge is 2.18. The van der Waals surface area contributed by atoms with Crippen LogP contribution in [0.15, 0.2) is 60.8 Å². The third-order valence-corrected chi connectivity index (χ3v) is 5.52. The van der Waals surface area contributed by atoms with Crippen LogP contribution in [0.5, 0.6) is 0 Å². The van der Waals surface area contributed by atoms with Gasteiger partial charge in [-0.2, -0.15) is 0 Å². The highest BCUT2D eigenvalue weighted by atomic mass is 35.5. The topological polar surface area (TPSA) is 54.9 Å². The maximum atomic E-state index is 12.9. The van der Waals surface area contributed by atoms with Gasteiger partial charge in [-0.1, -0.05) is 29.8 Å². The Bertz CT molecular complexity index is 1090. The number of rotatable bonds is 3. The molecule has 0 radical (unpaired) electrons. The van der Waals surface area contributed by atoms with Crippen LogP contribution in [-0.4, -0.2) is 15.9 Å². The Morgan fingerprint density at radius 1 is 1.08 bits per heavy atom. The van der Waals surface area contributed by atoms with Crippen LogP contribution in [0.4, 0.5) is 5.69 Å². The second kappa shape index (κ2) is 6.86. The van der Waals surface area contributed by atoms with Gasteiger partial charge in [-0.25, -0.2) is 4.98 Å². The number of para-hydroxylation sites is 1. The lowest BCUT2D eigenvalue weighted by molar-refractivity contribution is 0.102. The third-order valence-electron chi connectivity index (χ3n) is 4.06. The number of hydrogen-bond acceptors (Lipinski definition) is 4. The number of carbonyl (C=O) groups excluding carboxylic acids is 1. The standard InChI is InChI=1S/C20H14ClN3OS/c1-12-14(21)7-4-9-15(12)23-19(25)13-6-5-11-22-18(13)20-24-16-8-2-3-10-17(16)26-20/h2-11H,1H3,(H,23,25). The summed E-state index contributed by atoms with van der Waals surface area (Å²) in [6, 6.07) is 16.8. The van der Waals surface area contributed by atoms with Crippen LogP contribution in [0.25, 0.3) is 20.9 Å². The van der Waals surface area contributed by atoms with Gasteiger partial charge in [0.2, 0.25) is 0 Å². The van der Waals surface area contributed by atoms with Gasteiger partial charge in [-0.3, -0.25) is 9.78 Å². The monoisotopic (exact) mass is 379 g/mol. The van der Waals surface area contributed by atoms with Crippen molar-refractivity contribution < 1.29 is 4.79 Å². The van der Waals surface area contributed by atoms with Crippen LogP contribution in [0.3, 0.4) is 0 Å². The zero-order chi connectivity index (χ0) is 18.1. The van der Waals surface area contributed by atoms with Crippen LogP contribution in [0, 0.1) is 6.92 Å². The number of halogens is 1. The lowest BCUT2D eigenvalue weighted by atomic mass is 10.1. The Balaban J connectivity index is 1.73. The van der Waals surface area contributed by atoms with Gasteiger partial charge >= 0.3 is 0 Å². The van der Waals surface area contributed by atoms with E-state index in [2.05, 4.69) is 15.3 Å². The van der Waals surface area contributed by atoms with Gasteiger partial charge in [0.15, 0.2) is 0 Å². The quantitative estimate of drug-likeness (QED) is 0.506. The van der Waals surface area contributed by atoms with E-state index in [4.69, 9.17) is 11.6 Å². The Kier molecular flexibility index (Phi) is 4.41. The van der Waals surface area contributed by atoms with E-state index in [9.17, 15) is 4.79 Å². The van der Waals surface area contributed by atoms with E-state index >= 15 is 0 Å². The fourth-order valence-electron chi connectivity index (χ4n) is 2.66. The number of hydrogen-bond donors (Lipinski definition) is 1. The van der Waals surface area contributed by atoms with Gasteiger partial charge in [-0.15, -0.1) is 11.3 Å². The summed E-state index contributed by atoms with van der Waals surface area (Å²) in [4.78, 5) is 21.9. The molecular weight excluding hydrogens is 366 g/mol. The molecule has 0 aliphatic heterocycles. The summed E-state index contributed by atoms with van der Waals surface area (Å²) in [5.74, 6) is -0.238. The minimum Gasteiger partial charge on any atom is -0.322 e. The van der Waals surface area contributed by atoms with E-state index in [0.29, 0.717) is 22.0 Å². The summed E-state index contributed by atoms with van der Waals surface area (Å²) in [5, 5.41) is 4.26. The molecule has 0 aliphatic carbocycles. The average molecular weight is 380 g/mol. The molecular formula is C20H14ClN3OS. The molecule has 0 bridgehead atoms. The molecule has 26 heavy (non-hydrogen) atoms. The number of fused-ring (bicyclic) bond motifs is 1. The molecule has 4 nitrogen and oxygen atoms in total. The molecule has 6 heteroatoms. The first kappa shape index (κ1) is 16.7. The Morgan fingerprint density at radius 2 is 1.92 bits per heavy atom. The van der Waals surface area contributed by atoms with Crippen molar-refractivity contribution in [1.82, 2.24) is 9.97 Å². The van der Waals surface area contributed by atoms with Crippen molar-refractivity contribution >= 4 is 44.7 Å². The van der Waals surface area contributed by atoms with E-state index in [-0.39, 0.29) is 5.91 Å². The minimum atomic E-state index is -0.238. The molecule has 0 saturated carbocycles. The maximum absolute atomic E-state index is 12.9. The summed E-state index contributed by atoms with van der Waals surface area (Å²) in [6.45, 7) is 1.87. The number of amides is 1. The highest BCUT2D eigenvalue weighted by Crippen LogP contribution is 2.31. The Morgan fingerprint density at radius 3 is 2.77 bits per heavy atom. The number of benzene rings is 2. The summed E-state index contributed by atoms with van der Waals surface area (Å²) in [5.41, 5.74) is 3.46. The van der Waals surface area contributed by atoms with Crippen molar-refractivity contribution in [3.63, 3.8) is 0 Å². The van der Waals surface area contributed by atoms with Gasteiger partial charge < -0.3 is 5.32 Å². The predicted molar refractivity (Wildman–Crippen MR) is 107 cm³/mol. The van der Waals surface area contributed by atoms with Crippen LogP contribution in [0.1, 0.15) is 15.9 Å². The Hall–Kier alpha value is -2.76. The molecule has 4 rings (SSSR count). The van der Waals surface area contributed by atoms with E-state index in [1.165, 1.54) is 11.3 Å². The predicted octanol–water partition coefficient (Wildman–Crippen LogP) is 5.57. The molecule has 0 saturated heterocycles. The summed E-state index contributed by atoms with van der Waals surface area (Å²) in [6.07, 6.45) is 1.67. The second-order valence-corrected chi connectivity index (χ2v) is 7.19. The number of anilines is 1. The second-order valence-electron chi connectivity index (χ2n) is 5.75. The fourth-order valence-corrected chi connectivity index (χ4v) is 3.82. The van der Waals surface area contributed by atoms with Crippen LogP contribution in [-0.2, 0) is 0 Å². The zero-order valence-electron chi connectivity index (χ0n) is 13.9. The van der Waals surface area contributed by atoms with Gasteiger partial charge in [0.25, 0.3) is 5.91 Å². The van der Waals surface area contributed by atoms with Gasteiger partial charge in [0.05, 0.1) is 15.8 Å². The van der Waals surface area contributed by atoms with Crippen molar-refractivity contribution in [2.45, 2.75) is 6.92 Å². The largest absolute Gasteiger partial charge is 0.322 e. The fraction of sp³-hybridized carbons (Fsp3) is 0.0500. The number of nitrogens with one attached hydrogen (secondary N) is 1. The molecule has 2 aromatic carbocycles. The van der Waals surface area contributed by atoms with Crippen LogP contribution in [0.2, 0.25) is 5.02 Å². The summed E-state index contributed by atoms with van der Waals surface area (Å²) < 4.78 is 1.06. The zero-order valence-corrected chi connectivity index (χ0v) is 15.4. The molecule has 0 fully saturated rings. The number of aromatic nitrogens is 2. The van der Waals surface area contributed by atoms with Crippen LogP contribution >= 0.6 is 22.9 Å². The maximum Gasteiger partial charge on any atom is 0.257 e. The number of carbonyl (C=O) groups is 1. The normalized spacial score (nSPS) is 10.8. The number of nitrogens with zero attached hydrogens (tertiary/aromatic N) is 2. The molecule has 2 heterocycles. The number of thiazole rings is 1. The number of pyridine rings is 1. The molecule has 0 atom stereocenters. The van der Waals surface area contributed by atoms with Gasteiger partial charge in [-0.05, 0) is 48.9 Å². The molecule has 4 aromatic rings. The van der Waals surface area contributed by atoms with Gasteiger partial charge in [0, 0.05) is 16.9 Å². The first-order valence-electron chi connectivity index (χ1n) is 8.01. The van der Waals surface area contributed by atoms with Crippen molar-refractivity contribution in [2.24, 2.45) is 0 Å². The molecule has 0 spiro atoms. The molecule has 1 N–H and O–H groups in total. The average Bonchev–Trinajstić information content (AvgIpc) is 3.09. The first-order chi connectivity index (χ1) is 12.6. The lowest BCUT2D eigenvalue weighted by Crippen LogP contribution is -2.14. The molecule has 2 aromatic heterocycles. The first-order valence-corrected chi connectivity index (χ1v) is 9.20. The molecule has 0 aliphatic rings.